The Labute approximate surface area is 183 Å². The van der Waals surface area contributed by atoms with Crippen LogP contribution in [0.25, 0.3) is 17.2 Å². The van der Waals surface area contributed by atoms with Crippen molar-refractivity contribution in [3.8, 4) is 17.6 Å². The number of nitrogens with zero attached hydrogens (tertiary/aromatic N) is 6. The fourth-order valence-corrected chi connectivity index (χ4v) is 4.38. The molecule has 4 rings (SSSR count). The van der Waals surface area contributed by atoms with Crippen LogP contribution in [0.3, 0.4) is 0 Å². The fourth-order valence-electron chi connectivity index (χ4n) is 3.68. The van der Waals surface area contributed by atoms with E-state index in [0.29, 0.717) is 37.3 Å². The summed E-state index contributed by atoms with van der Waals surface area (Å²) >= 11 is 0. The van der Waals surface area contributed by atoms with Crippen molar-refractivity contribution in [1.82, 2.24) is 24.3 Å². The van der Waals surface area contributed by atoms with Crippen molar-refractivity contribution in [3.05, 3.63) is 36.5 Å². The van der Waals surface area contributed by atoms with Crippen LogP contribution in [0.15, 0.2) is 35.6 Å². The molecule has 1 atom stereocenters. The molecule has 0 radical (unpaired) electrons. The van der Waals surface area contributed by atoms with E-state index in [9.17, 15) is 17.6 Å². The number of amides is 1. The lowest BCUT2D eigenvalue weighted by molar-refractivity contribution is -0.131. The summed E-state index contributed by atoms with van der Waals surface area (Å²) in [5.41, 5.74) is 0.891. The molecule has 3 aromatic heterocycles. The topological polar surface area (TPSA) is 133 Å². The number of piperidine rings is 1. The highest BCUT2D eigenvalue weighted by atomic mass is 32.2. The van der Waals surface area contributed by atoms with Crippen LogP contribution in [0.2, 0.25) is 0 Å². The van der Waals surface area contributed by atoms with Gasteiger partial charge in [-0.3, -0.25) is 9.20 Å². The van der Waals surface area contributed by atoms with Crippen LogP contribution in [-0.4, -0.2) is 64.0 Å². The molecule has 1 saturated heterocycles. The second-order valence-electron chi connectivity index (χ2n) is 7.56. The van der Waals surface area contributed by atoms with Crippen molar-refractivity contribution in [2.24, 2.45) is 0 Å². The lowest BCUT2D eigenvalue weighted by Gasteiger charge is -2.33. The third-order valence-electron chi connectivity index (χ3n) is 5.20. The molecule has 1 aliphatic heterocycles. The number of sulfone groups is 1. The van der Waals surface area contributed by atoms with Gasteiger partial charge in [0.05, 0.1) is 18.5 Å². The summed E-state index contributed by atoms with van der Waals surface area (Å²) in [6.45, 7) is 0.865. The number of halogens is 1. The van der Waals surface area contributed by atoms with Crippen molar-refractivity contribution in [2.75, 3.05) is 24.7 Å². The molecule has 0 aliphatic carbocycles. The molecular weight excluding hydrogens is 437 g/mol. The minimum absolute atomic E-state index is 0.0817. The summed E-state index contributed by atoms with van der Waals surface area (Å²) in [6.07, 6.45) is 6.19. The second-order valence-corrected chi connectivity index (χ2v) is 9.54. The SMILES string of the molecule is CS(=O)(=O)c1cnc(-c2cnc3ccc(F)cn23)nc1N[C@@H]1CCCN(C(=O)CC#N)C1. The van der Waals surface area contributed by atoms with Gasteiger partial charge in [-0.1, -0.05) is 0 Å². The van der Waals surface area contributed by atoms with E-state index < -0.39 is 15.7 Å². The third kappa shape index (κ3) is 4.38. The van der Waals surface area contributed by atoms with Gasteiger partial charge in [-0.2, -0.15) is 5.26 Å². The van der Waals surface area contributed by atoms with E-state index in [2.05, 4.69) is 20.3 Å². The van der Waals surface area contributed by atoms with Crippen molar-refractivity contribution in [2.45, 2.75) is 30.2 Å². The molecule has 3 aromatic rings. The first-order valence-corrected chi connectivity index (χ1v) is 11.8. The van der Waals surface area contributed by atoms with Gasteiger partial charge in [-0.15, -0.1) is 0 Å². The Kier molecular flexibility index (Phi) is 5.75. The number of hydrogen-bond acceptors (Lipinski definition) is 8. The summed E-state index contributed by atoms with van der Waals surface area (Å²) < 4.78 is 39.9. The number of imidazole rings is 1. The molecule has 1 amide bonds. The van der Waals surface area contributed by atoms with Gasteiger partial charge in [0.2, 0.25) is 5.91 Å². The number of pyridine rings is 1. The van der Waals surface area contributed by atoms with E-state index in [1.807, 2.05) is 6.07 Å². The van der Waals surface area contributed by atoms with Gasteiger partial charge >= 0.3 is 0 Å². The molecular formula is C20H20FN7O3S. The van der Waals surface area contributed by atoms with E-state index in [-0.39, 0.29) is 34.9 Å². The van der Waals surface area contributed by atoms with Crippen LogP contribution in [0, 0.1) is 17.1 Å². The van der Waals surface area contributed by atoms with E-state index in [1.54, 1.807) is 4.90 Å². The van der Waals surface area contributed by atoms with E-state index in [4.69, 9.17) is 5.26 Å². The van der Waals surface area contributed by atoms with Crippen LogP contribution < -0.4 is 5.32 Å². The van der Waals surface area contributed by atoms with Gasteiger partial charge in [0.25, 0.3) is 0 Å². The molecule has 0 spiro atoms. The van der Waals surface area contributed by atoms with Gasteiger partial charge < -0.3 is 10.2 Å². The lowest BCUT2D eigenvalue weighted by atomic mass is 10.1. The summed E-state index contributed by atoms with van der Waals surface area (Å²) in [4.78, 5) is 26.4. The van der Waals surface area contributed by atoms with E-state index in [1.165, 1.54) is 35.1 Å². The maximum Gasteiger partial charge on any atom is 0.236 e. The molecule has 1 aliphatic rings. The molecule has 4 heterocycles. The number of anilines is 1. The number of nitriles is 1. The van der Waals surface area contributed by atoms with E-state index >= 15 is 0 Å². The highest BCUT2D eigenvalue weighted by Gasteiger charge is 2.26. The number of carbonyl (C=O) groups is 1. The molecule has 10 nitrogen and oxygen atoms in total. The molecule has 0 aromatic carbocycles. The average molecular weight is 457 g/mol. The highest BCUT2D eigenvalue weighted by Crippen LogP contribution is 2.26. The van der Waals surface area contributed by atoms with Crippen molar-refractivity contribution in [3.63, 3.8) is 0 Å². The first-order chi connectivity index (χ1) is 15.3. The van der Waals surface area contributed by atoms with Crippen LogP contribution >= 0.6 is 0 Å². The first-order valence-electron chi connectivity index (χ1n) is 9.87. The van der Waals surface area contributed by atoms with Crippen molar-refractivity contribution >= 4 is 27.2 Å². The number of nitrogens with one attached hydrogen (secondary N) is 1. The standard InChI is InChI=1S/C20H20FN7O3S/c1-32(30,31)16-10-24-19(15-9-23-17-5-4-13(21)11-28(15)17)26-20(16)25-14-3-2-8-27(12-14)18(29)6-7-22/h4-5,9-11,14H,2-3,6,8,12H2,1H3,(H,24,25,26)/t14-/m1/s1. The Morgan fingerprint density at radius 2 is 2.16 bits per heavy atom. The zero-order chi connectivity index (χ0) is 22.9. The van der Waals surface area contributed by atoms with Crippen LogP contribution in [0.5, 0.6) is 0 Å². The minimum Gasteiger partial charge on any atom is -0.364 e. The maximum atomic E-state index is 13.7. The summed E-state index contributed by atoms with van der Waals surface area (Å²) in [7, 11) is -3.65. The molecule has 0 bridgehead atoms. The normalized spacial score (nSPS) is 16.7. The molecule has 12 heteroatoms. The van der Waals surface area contributed by atoms with E-state index in [0.717, 1.165) is 6.26 Å². The number of carbonyl (C=O) groups excluding carboxylic acids is 1. The molecule has 32 heavy (non-hydrogen) atoms. The fraction of sp³-hybridized carbons (Fsp3) is 0.350. The van der Waals surface area contributed by atoms with Crippen molar-refractivity contribution in [1.29, 1.82) is 5.26 Å². The minimum atomic E-state index is -3.65. The monoisotopic (exact) mass is 457 g/mol. The summed E-state index contributed by atoms with van der Waals surface area (Å²) in [6, 6.07) is 4.40. The van der Waals surface area contributed by atoms with Gasteiger partial charge in [0, 0.05) is 31.6 Å². The Bertz CT molecular complexity index is 1330. The average Bonchev–Trinajstić information content (AvgIpc) is 3.16. The van der Waals surface area contributed by atoms with Gasteiger partial charge in [0.1, 0.15) is 34.3 Å². The van der Waals surface area contributed by atoms with Gasteiger partial charge in [-0.25, -0.2) is 27.8 Å². The number of rotatable bonds is 5. The molecule has 166 valence electrons. The predicted molar refractivity (Wildman–Crippen MR) is 113 cm³/mol. The first kappa shape index (κ1) is 21.6. The maximum absolute atomic E-state index is 13.7. The quantitative estimate of drug-likeness (QED) is 0.611. The molecule has 1 N–H and O–H groups in total. The van der Waals surface area contributed by atoms with Crippen LogP contribution in [-0.2, 0) is 14.6 Å². The Morgan fingerprint density at radius 3 is 2.91 bits per heavy atom. The number of likely N-dealkylation sites (tertiary alicyclic amines) is 1. The van der Waals surface area contributed by atoms with Crippen LogP contribution in [0.1, 0.15) is 19.3 Å². The third-order valence-corrected chi connectivity index (χ3v) is 6.30. The molecule has 0 saturated carbocycles. The van der Waals surface area contributed by atoms with Gasteiger partial charge in [0.15, 0.2) is 15.7 Å². The Hall–Kier alpha value is -3.59. The Balaban J connectivity index is 1.69. The number of hydrogen-bond donors (Lipinski definition) is 1. The lowest BCUT2D eigenvalue weighted by Crippen LogP contribution is -2.45. The second kappa shape index (κ2) is 8.51. The largest absolute Gasteiger partial charge is 0.364 e. The Morgan fingerprint density at radius 1 is 1.34 bits per heavy atom. The van der Waals surface area contributed by atoms with Gasteiger partial charge in [-0.05, 0) is 25.0 Å². The molecule has 0 unspecified atom stereocenters. The molecule has 1 fully saturated rings. The zero-order valence-corrected chi connectivity index (χ0v) is 18.0. The predicted octanol–water partition coefficient (Wildman–Crippen LogP) is 1.65. The summed E-state index contributed by atoms with van der Waals surface area (Å²) in [5.74, 6) is -0.458. The number of fused-ring (bicyclic) bond motifs is 1. The smallest absolute Gasteiger partial charge is 0.236 e. The number of aromatic nitrogens is 4. The van der Waals surface area contributed by atoms with Crippen molar-refractivity contribution < 1.29 is 17.6 Å². The summed E-state index contributed by atoms with van der Waals surface area (Å²) in [5, 5.41) is 11.9. The zero-order valence-electron chi connectivity index (χ0n) is 17.2. The highest BCUT2D eigenvalue weighted by molar-refractivity contribution is 7.90. The van der Waals surface area contributed by atoms with Crippen LogP contribution in [0.4, 0.5) is 10.2 Å².